The van der Waals surface area contributed by atoms with Crippen molar-refractivity contribution in [1.82, 2.24) is 5.32 Å². The molecular weight excluding hydrogens is 210 g/mol. The summed E-state index contributed by atoms with van der Waals surface area (Å²) in [5, 5.41) is 2.82. The zero-order valence-electron chi connectivity index (χ0n) is 13.0. The molecule has 104 valence electrons. The summed E-state index contributed by atoms with van der Waals surface area (Å²) in [5.74, 6) is 0.865. The van der Waals surface area contributed by atoms with Crippen molar-refractivity contribution in [3.63, 3.8) is 0 Å². The molecule has 0 saturated heterocycles. The number of rotatable bonds is 2. The van der Waals surface area contributed by atoms with Crippen molar-refractivity contribution in [2.75, 3.05) is 0 Å². The van der Waals surface area contributed by atoms with Gasteiger partial charge in [-0.15, -0.1) is 0 Å². The summed E-state index contributed by atoms with van der Waals surface area (Å²) in [7, 11) is 0. The van der Waals surface area contributed by atoms with Crippen LogP contribution in [0.5, 0.6) is 0 Å². The SMILES string of the molecule is CC.CC(C)(C)C.CC1CCC(NC=O)CC1. The average Bonchev–Trinajstić information content (AvgIpc) is 2.22. The Morgan fingerprint density at radius 2 is 1.35 bits per heavy atom. The van der Waals surface area contributed by atoms with E-state index in [0.717, 1.165) is 12.3 Å². The Hall–Kier alpha value is -0.530. The molecule has 1 aliphatic rings. The molecule has 0 radical (unpaired) electrons. The third-order valence-corrected chi connectivity index (χ3v) is 2.32. The van der Waals surface area contributed by atoms with E-state index in [2.05, 4.69) is 39.9 Å². The van der Waals surface area contributed by atoms with Gasteiger partial charge in [-0.05, 0) is 37.0 Å². The van der Waals surface area contributed by atoms with Gasteiger partial charge < -0.3 is 5.32 Å². The quantitative estimate of drug-likeness (QED) is 0.716. The Kier molecular flexibility index (Phi) is 11.8. The molecule has 1 fully saturated rings. The molecule has 0 aromatic carbocycles. The highest BCUT2D eigenvalue weighted by molar-refractivity contribution is 5.46. The first kappa shape index (κ1) is 18.8. The molecule has 0 aliphatic heterocycles. The smallest absolute Gasteiger partial charge is 0.207 e. The summed E-state index contributed by atoms with van der Waals surface area (Å²) in [6, 6.07) is 0.466. The van der Waals surface area contributed by atoms with Gasteiger partial charge in [0.05, 0.1) is 0 Å². The molecule has 0 bridgehead atoms. The van der Waals surface area contributed by atoms with Crippen LogP contribution >= 0.6 is 0 Å². The Balaban J connectivity index is 0. The standard InChI is InChI=1S/C8H15NO.C5H12.C2H6/c1-7-2-4-8(5-3-7)9-6-10;1-5(2,3)4;1-2/h6-8H,2-5H2,1H3,(H,9,10);1-4H3;1-2H3. The van der Waals surface area contributed by atoms with Crippen LogP contribution in [0.1, 0.15) is 74.1 Å². The molecule has 0 heterocycles. The highest BCUT2D eigenvalue weighted by Crippen LogP contribution is 2.22. The fourth-order valence-electron chi connectivity index (χ4n) is 1.52. The van der Waals surface area contributed by atoms with Crippen LogP contribution < -0.4 is 5.32 Å². The molecule has 1 N–H and O–H groups in total. The van der Waals surface area contributed by atoms with Crippen LogP contribution in [0.25, 0.3) is 0 Å². The van der Waals surface area contributed by atoms with Gasteiger partial charge >= 0.3 is 0 Å². The summed E-state index contributed by atoms with van der Waals surface area (Å²) >= 11 is 0. The number of nitrogens with one attached hydrogen (secondary N) is 1. The molecule has 0 aromatic heterocycles. The van der Waals surface area contributed by atoms with Crippen molar-refractivity contribution >= 4 is 6.41 Å². The third-order valence-electron chi connectivity index (χ3n) is 2.32. The Bertz CT molecular complexity index is 158. The molecule has 0 atom stereocenters. The zero-order chi connectivity index (χ0) is 13.9. The second kappa shape index (κ2) is 10.6. The summed E-state index contributed by atoms with van der Waals surface area (Å²) in [5.41, 5.74) is 0.500. The van der Waals surface area contributed by atoms with Gasteiger partial charge in [0.2, 0.25) is 6.41 Å². The number of carbonyl (C=O) groups is 1. The summed E-state index contributed by atoms with van der Waals surface area (Å²) in [6.45, 7) is 15.0. The van der Waals surface area contributed by atoms with Crippen LogP contribution in [-0.4, -0.2) is 12.5 Å². The number of carbonyl (C=O) groups excluding carboxylic acids is 1. The third kappa shape index (κ3) is 18.1. The van der Waals surface area contributed by atoms with Gasteiger partial charge in [0.1, 0.15) is 0 Å². The molecule has 1 saturated carbocycles. The van der Waals surface area contributed by atoms with Gasteiger partial charge in [-0.2, -0.15) is 0 Å². The molecule has 2 nitrogen and oxygen atoms in total. The maximum absolute atomic E-state index is 10.0. The minimum absolute atomic E-state index is 0.466. The molecule has 1 amide bonds. The first-order valence-corrected chi connectivity index (χ1v) is 7.02. The largest absolute Gasteiger partial charge is 0.356 e. The molecule has 0 unspecified atom stereocenters. The number of hydrogen-bond donors (Lipinski definition) is 1. The van der Waals surface area contributed by atoms with Crippen molar-refractivity contribution in [2.24, 2.45) is 11.3 Å². The van der Waals surface area contributed by atoms with Crippen LogP contribution in [0.3, 0.4) is 0 Å². The van der Waals surface area contributed by atoms with E-state index in [-0.39, 0.29) is 0 Å². The second-order valence-corrected chi connectivity index (χ2v) is 6.24. The molecule has 17 heavy (non-hydrogen) atoms. The highest BCUT2D eigenvalue weighted by Gasteiger charge is 2.16. The summed E-state index contributed by atoms with van der Waals surface area (Å²) in [6.07, 6.45) is 5.69. The van der Waals surface area contributed by atoms with E-state index >= 15 is 0 Å². The average molecular weight is 243 g/mol. The van der Waals surface area contributed by atoms with Gasteiger partial charge in [-0.1, -0.05) is 48.5 Å². The topological polar surface area (TPSA) is 29.1 Å². The predicted octanol–water partition coefficient (Wildman–Crippen LogP) is 4.39. The first-order chi connectivity index (χ1) is 7.83. The molecule has 0 aromatic rings. The second-order valence-electron chi connectivity index (χ2n) is 6.24. The highest BCUT2D eigenvalue weighted by atomic mass is 16.1. The van der Waals surface area contributed by atoms with E-state index < -0.39 is 0 Å². The van der Waals surface area contributed by atoms with E-state index in [1.165, 1.54) is 25.7 Å². The van der Waals surface area contributed by atoms with Crippen LogP contribution in [0.2, 0.25) is 0 Å². The fourth-order valence-corrected chi connectivity index (χ4v) is 1.52. The fraction of sp³-hybridized carbons (Fsp3) is 0.933. The molecule has 0 spiro atoms. The van der Waals surface area contributed by atoms with Crippen molar-refractivity contribution in [2.45, 2.75) is 80.2 Å². The van der Waals surface area contributed by atoms with Crippen molar-refractivity contribution < 1.29 is 4.79 Å². The van der Waals surface area contributed by atoms with Crippen LogP contribution in [0.15, 0.2) is 0 Å². The Morgan fingerprint density at radius 3 is 1.65 bits per heavy atom. The summed E-state index contributed by atoms with van der Waals surface area (Å²) in [4.78, 5) is 10.0. The van der Waals surface area contributed by atoms with E-state index in [4.69, 9.17) is 0 Å². The van der Waals surface area contributed by atoms with E-state index in [0.29, 0.717) is 11.5 Å². The van der Waals surface area contributed by atoms with E-state index in [1.54, 1.807) is 0 Å². The Morgan fingerprint density at radius 1 is 1.00 bits per heavy atom. The van der Waals surface area contributed by atoms with Crippen molar-refractivity contribution in [3.8, 4) is 0 Å². The van der Waals surface area contributed by atoms with Crippen LogP contribution in [-0.2, 0) is 4.79 Å². The van der Waals surface area contributed by atoms with Gasteiger partial charge in [-0.3, -0.25) is 4.79 Å². The van der Waals surface area contributed by atoms with Crippen LogP contribution in [0, 0.1) is 11.3 Å². The molecule has 1 aliphatic carbocycles. The molecular formula is C15H33NO. The van der Waals surface area contributed by atoms with E-state index in [9.17, 15) is 4.79 Å². The summed E-state index contributed by atoms with van der Waals surface area (Å²) < 4.78 is 0. The lowest BCUT2D eigenvalue weighted by Crippen LogP contribution is -2.31. The normalized spacial score (nSPS) is 23.5. The Labute approximate surface area is 109 Å². The van der Waals surface area contributed by atoms with Gasteiger partial charge in [0, 0.05) is 6.04 Å². The van der Waals surface area contributed by atoms with Gasteiger partial charge in [0.15, 0.2) is 0 Å². The molecule has 2 heteroatoms. The minimum Gasteiger partial charge on any atom is -0.356 e. The zero-order valence-corrected chi connectivity index (χ0v) is 13.0. The van der Waals surface area contributed by atoms with E-state index in [1.807, 2.05) is 13.8 Å². The van der Waals surface area contributed by atoms with Crippen molar-refractivity contribution in [3.05, 3.63) is 0 Å². The van der Waals surface area contributed by atoms with Crippen LogP contribution in [0.4, 0.5) is 0 Å². The lowest BCUT2D eigenvalue weighted by atomic mass is 9.87. The number of amides is 1. The van der Waals surface area contributed by atoms with Gasteiger partial charge in [-0.25, -0.2) is 0 Å². The maximum atomic E-state index is 10.0. The van der Waals surface area contributed by atoms with Gasteiger partial charge in [0.25, 0.3) is 0 Å². The van der Waals surface area contributed by atoms with Crippen molar-refractivity contribution in [1.29, 1.82) is 0 Å². The lowest BCUT2D eigenvalue weighted by molar-refractivity contribution is -0.110. The predicted molar refractivity (Wildman–Crippen MR) is 77.1 cm³/mol. The minimum atomic E-state index is 0.466. The monoisotopic (exact) mass is 243 g/mol. The maximum Gasteiger partial charge on any atom is 0.207 e. The molecule has 1 rings (SSSR count). The number of hydrogen-bond acceptors (Lipinski definition) is 1. The lowest BCUT2D eigenvalue weighted by Gasteiger charge is -2.25. The first-order valence-electron chi connectivity index (χ1n) is 7.02.